The number of rotatable bonds is 5. The third-order valence-corrected chi connectivity index (χ3v) is 2.21. The Labute approximate surface area is 88.1 Å². The van der Waals surface area contributed by atoms with Crippen LogP contribution >= 0.6 is 0 Å². The number of aromatic amines is 1. The number of aromatic nitrogens is 3. The minimum Gasteiger partial charge on any atom is -0.396 e. The molecule has 6 nitrogen and oxygen atoms in total. The van der Waals surface area contributed by atoms with Crippen molar-refractivity contribution in [2.75, 3.05) is 6.61 Å². The molecule has 0 saturated carbocycles. The van der Waals surface area contributed by atoms with Crippen LogP contribution in [0.5, 0.6) is 0 Å². The Bertz CT molecular complexity index is 297. The topological polar surface area (TPSA) is 90.9 Å². The summed E-state index contributed by atoms with van der Waals surface area (Å²) in [7, 11) is 0. The van der Waals surface area contributed by atoms with Crippen LogP contribution in [0.2, 0.25) is 0 Å². The van der Waals surface area contributed by atoms with Crippen molar-refractivity contribution in [1.82, 2.24) is 20.7 Å². The Balaban J connectivity index is 2.55. The van der Waals surface area contributed by atoms with Crippen LogP contribution in [0.3, 0.4) is 0 Å². The molecule has 1 heterocycles. The number of H-pyrrole nitrogens is 1. The molecule has 1 unspecified atom stereocenters. The van der Waals surface area contributed by atoms with E-state index in [2.05, 4.69) is 20.7 Å². The molecule has 0 spiro atoms. The molecule has 1 rings (SSSR count). The monoisotopic (exact) mass is 212 g/mol. The number of amides is 1. The maximum absolute atomic E-state index is 11.6. The number of carbonyl (C=O) groups excluding carboxylic acids is 1. The van der Waals surface area contributed by atoms with E-state index in [-0.39, 0.29) is 30.2 Å². The van der Waals surface area contributed by atoms with E-state index in [9.17, 15) is 4.79 Å². The van der Waals surface area contributed by atoms with Gasteiger partial charge in [0, 0.05) is 12.6 Å². The maximum Gasteiger partial charge on any atom is 0.273 e. The number of nitrogens with one attached hydrogen (secondary N) is 2. The molecule has 1 aromatic heterocycles. The fourth-order valence-electron chi connectivity index (χ4n) is 1.26. The summed E-state index contributed by atoms with van der Waals surface area (Å²) >= 11 is 0. The predicted octanol–water partition coefficient (Wildman–Crippen LogP) is -0.0585. The number of aliphatic hydroxyl groups excluding tert-OH is 1. The molecule has 0 saturated heterocycles. The summed E-state index contributed by atoms with van der Waals surface area (Å²) in [5.41, 5.74) is 0.263. The van der Waals surface area contributed by atoms with Gasteiger partial charge < -0.3 is 10.4 Å². The Hall–Kier alpha value is -1.43. The van der Waals surface area contributed by atoms with Crippen molar-refractivity contribution < 1.29 is 9.90 Å². The third-order valence-electron chi connectivity index (χ3n) is 2.21. The highest BCUT2D eigenvalue weighted by Gasteiger charge is 2.17. The standard InChI is InChI=1S/C9H16N4O2/c1-6(2)7(3-4-14)11-9(15)8-5-10-13-12-8/h5-7,14H,3-4H2,1-2H3,(H,11,15)(H,10,12,13). The number of hydrogen-bond donors (Lipinski definition) is 3. The van der Waals surface area contributed by atoms with Crippen molar-refractivity contribution in [1.29, 1.82) is 0 Å². The van der Waals surface area contributed by atoms with Crippen LogP contribution in [-0.2, 0) is 0 Å². The van der Waals surface area contributed by atoms with Gasteiger partial charge in [-0.3, -0.25) is 4.79 Å². The second kappa shape index (κ2) is 5.45. The second-order valence-electron chi connectivity index (χ2n) is 3.69. The molecule has 84 valence electrons. The molecule has 3 N–H and O–H groups in total. The highest BCUT2D eigenvalue weighted by molar-refractivity contribution is 5.91. The normalized spacial score (nSPS) is 12.8. The van der Waals surface area contributed by atoms with Crippen molar-refractivity contribution in [3.8, 4) is 0 Å². The molecular weight excluding hydrogens is 196 g/mol. The van der Waals surface area contributed by atoms with Gasteiger partial charge in [-0.25, -0.2) is 0 Å². The van der Waals surface area contributed by atoms with E-state index in [4.69, 9.17) is 5.11 Å². The second-order valence-corrected chi connectivity index (χ2v) is 3.69. The van der Waals surface area contributed by atoms with E-state index in [1.807, 2.05) is 13.8 Å². The van der Waals surface area contributed by atoms with Crippen LogP contribution in [0.25, 0.3) is 0 Å². The number of nitrogens with zero attached hydrogens (tertiary/aromatic N) is 2. The van der Waals surface area contributed by atoms with Crippen LogP contribution in [-0.4, -0.2) is 39.1 Å². The molecule has 1 amide bonds. The first-order valence-electron chi connectivity index (χ1n) is 4.92. The van der Waals surface area contributed by atoms with E-state index in [1.54, 1.807) is 0 Å². The lowest BCUT2D eigenvalue weighted by Crippen LogP contribution is -2.39. The maximum atomic E-state index is 11.6. The highest BCUT2D eigenvalue weighted by atomic mass is 16.3. The summed E-state index contributed by atoms with van der Waals surface area (Å²) in [5.74, 6) is 0.00361. The van der Waals surface area contributed by atoms with E-state index < -0.39 is 0 Å². The van der Waals surface area contributed by atoms with Gasteiger partial charge in [-0.15, -0.1) is 0 Å². The molecule has 0 fully saturated rings. The minimum atomic E-state index is -0.268. The summed E-state index contributed by atoms with van der Waals surface area (Å²) < 4.78 is 0. The van der Waals surface area contributed by atoms with Crippen molar-refractivity contribution in [2.45, 2.75) is 26.3 Å². The Kier molecular flexibility index (Phi) is 4.23. The number of carbonyl (C=O) groups is 1. The first kappa shape index (κ1) is 11.6. The molecule has 6 heteroatoms. The van der Waals surface area contributed by atoms with Gasteiger partial charge >= 0.3 is 0 Å². The average Bonchev–Trinajstić information content (AvgIpc) is 2.69. The van der Waals surface area contributed by atoms with Gasteiger partial charge in [-0.1, -0.05) is 13.8 Å². The van der Waals surface area contributed by atoms with Gasteiger partial charge in [0.15, 0.2) is 5.69 Å². The van der Waals surface area contributed by atoms with Gasteiger partial charge in [0.1, 0.15) is 0 Å². The summed E-state index contributed by atoms with van der Waals surface area (Å²) in [6, 6.07) is -0.0424. The lowest BCUT2D eigenvalue weighted by atomic mass is 10.0. The van der Waals surface area contributed by atoms with Gasteiger partial charge in [0.25, 0.3) is 5.91 Å². The zero-order valence-corrected chi connectivity index (χ0v) is 8.90. The van der Waals surface area contributed by atoms with Crippen LogP contribution in [0.1, 0.15) is 30.8 Å². The third kappa shape index (κ3) is 3.32. The fraction of sp³-hybridized carbons (Fsp3) is 0.667. The van der Waals surface area contributed by atoms with Gasteiger partial charge in [-0.05, 0) is 12.3 Å². The molecule has 1 aromatic rings. The van der Waals surface area contributed by atoms with E-state index >= 15 is 0 Å². The molecule has 0 aromatic carbocycles. The molecular formula is C9H16N4O2. The minimum absolute atomic E-state index is 0.0424. The SMILES string of the molecule is CC(C)C(CCO)NC(=O)c1cn[nH]n1. The summed E-state index contributed by atoms with van der Waals surface area (Å²) in [4.78, 5) is 11.6. The van der Waals surface area contributed by atoms with Crippen molar-refractivity contribution in [3.63, 3.8) is 0 Å². The summed E-state index contributed by atoms with van der Waals surface area (Å²) in [6.07, 6.45) is 1.91. The molecule has 0 aliphatic heterocycles. The quantitative estimate of drug-likeness (QED) is 0.637. The Morgan fingerprint density at radius 1 is 1.67 bits per heavy atom. The van der Waals surface area contributed by atoms with Crippen molar-refractivity contribution in [3.05, 3.63) is 11.9 Å². The molecule has 15 heavy (non-hydrogen) atoms. The molecule has 0 aliphatic carbocycles. The van der Waals surface area contributed by atoms with E-state index in [0.717, 1.165) is 0 Å². The van der Waals surface area contributed by atoms with Gasteiger partial charge in [0.05, 0.1) is 6.20 Å². The highest BCUT2D eigenvalue weighted by Crippen LogP contribution is 2.06. The number of aliphatic hydroxyl groups is 1. The molecule has 1 atom stereocenters. The van der Waals surface area contributed by atoms with E-state index in [0.29, 0.717) is 6.42 Å². The lowest BCUT2D eigenvalue weighted by Gasteiger charge is -2.20. The van der Waals surface area contributed by atoms with Crippen LogP contribution in [0.15, 0.2) is 6.20 Å². The van der Waals surface area contributed by atoms with Crippen molar-refractivity contribution in [2.24, 2.45) is 5.92 Å². The molecule has 0 radical (unpaired) electrons. The molecule has 0 bridgehead atoms. The molecule has 0 aliphatic rings. The lowest BCUT2D eigenvalue weighted by molar-refractivity contribution is 0.0911. The zero-order chi connectivity index (χ0) is 11.3. The van der Waals surface area contributed by atoms with Crippen molar-refractivity contribution >= 4 is 5.91 Å². The van der Waals surface area contributed by atoms with Gasteiger partial charge in [-0.2, -0.15) is 15.4 Å². The fourth-order valence-corrected chi connectivity index (χ4v) is 1.26. The zero-order valence-electron chi connectivity index (χ0n) is 8.90. The number of hydrogen-bond acceptors (Lipinski definition) is 4. The van der Waals surface area contributed by atoms with Crippen LogP contribution < -0.4 is 5.32 Å². The Morgan fingerprint density at radius 2 is 2.40 bits per heavy atom. The first-order valence-corrected chi connectivity index (χ1v) is 4.92. The first-order chi connectivity index (χ1) is 7.15. The Morgan fingerprint density at radius 3 is 2.87 bits per heavy atom. The predicted molar refractivity (Wildman–Crippen MR) is 54.2 cm³/mol. The average molecular weight is 212 g/mol. The van der Waals surface area contributed by atoms with Crippen LogP contribution in [0, 0.1) is 5.92 Å². The van der Waals surface area contributed by atoms with Crippen LogP contribution in [0.4, 0.5) is 0 Å². The summed E-state index contributed by atoms with van der Waals surface area (Å²) in [5, 5.41) is 21.2. The smallest absolute Gasteiger partial charge is 0.273 e. The van der Waals surface area contributed by atoms with Gasteiger partial charge in [0.2, 0.25) is 0 Å². The van der Waals surface area contributed by atoms with E-state index in [1.165, 1.54) is 6.20 Å². The summed E-state index contributed by atoms with van der Waals surface area (Å²) in [6.45, 7) is 4.04. The largest absolute Gasteiger partial charge is 0.396 e.